The topological polar surface area (TPSA) is 35.8 Å². The molecule has 0 heterocycles. The Morgan fingerprint density at radius 1 is 1.26 bits per heavy atom. The summed E-state index contributed by atoms with van der Waals surface area (Å²) in [5.41, 5.74) is 0.650. The first-order chi connectivity index (χ1) is 9.07. The minimum absolute atomic E-state index is 0.410. The van der Waals surface area contributed by atoms with Gasteiger partial charge in [-0.1, -0.05) is 45.4 Å². The Kier molecular flexibility index (Phi) is 4.14. The van der Waals surface area contributed by atoms with Gasteiger partial charge in [0.2, 0.25) is 0 Å². The summed E-state index contributed by atoms with van der Waals surface area (Å²) in [6.45, 7) is 6.73. The largest absolute Gasteiger partial charge is 0.367 e. The number of hydrogen-bond donors (Lipinski definition) is 1. The number of rotatable bonds is 3. The van der Waals surface area contributed by atoms with E-state index in [1.165, 1.54) is 6.42 Å². The molecule has 3 unspecified atom stereocenters. The van der Waals surface area contributed by atoms with Crippen LogP contribution in [0.2, 0.25) is 0 Å². The monoisotopic (exact) mass is 256 g/mol. The summed E-state index contributed by atoms with van der Waals surface area (Å²) in [6.07, 6.45) is 3.33. The van der Waals surface area contributed by atoms with E-state index in [-0.39, 0.29) is 0 Å². The third-order valence-electron chi connectivity index (χ3n) is 4.42. The molecule has 1 aliphatic rings. The van der Waals surface area contributed by atoms with E-state index in [0.29, 0.717) is 17.8 Å². The molecule has 0 aromatic heterocycles. The Balaban J connectivity index is 2.29. The van der Waals surface area contributed by atoms with Crippen molar-refractivity contribution in [2.75, 3.05) is 5.32 Å². The number of nitriles is 1. The first kappa shape index (κ1) is 13.9. The van der Waals surface area contributed by atoms with Gasteiger partial charge in [-0.15, -0.1) is 0 Å². The molecule has 0 amide bonds. The lowest BCUT2D eigenvalue weighted by atomic mass is 9.65. The summed E-state index contributed by atoms with van der Waals surface area (Å²) in [5.74, 6) is 1.57. The van der Waals surface area contributed by atoms with Crippen LogP contribution in [-0.2, 0) is 0 Å². The van der Waals surface area contributed by atoms with Crippen molar-refractivity contribution < 1.29 is 0 Å². The van der Waals surface area contributed by atoms with Crippen LogP contribution < -0.4 is 5.32 Å². The lowest BCUT2D eigenvalue weighted by Gasteiger charge is -2.44. The van der Waals surface area contributed by atoms with Crippen molar-refractivity contribution >= 4 is 5.69 Å². The smallest absolute Gasteiger partial charge is 0.128 e. The highest BCUT2D eigenvalue weighted by atomic mass is 15.0. The van der Waals surface area contributed by atoms with Gasteiger partial charge in [0.25, 0.3) is 0 Å². The summed E-state index contributed by atoms with van der Waals surface area (Å²) >= 11 is 0. The van der Waals surface area contributed by atoms with Gasteiger partial charge < -0.3 is 5.32 Å². The molecule has 102 valence electrons. The zero-order chi connectivity index (χ0) is 13.9. The third kappa shape index (κ3) is 2.92. The van der Waals surface area contributed by atoms with Crippen molar-refractivity contribution in [1.82, 2.24) is 0 Å². The van der Waals surface area contributed by atoms with Crippen LogP contribution in [0.3, 0.4) is 0 Å². The first-order valence-corrected chi connectivity index (χ1v) is 7.32. The highest BCUT2D eigenvalue weighted by Gasteiger charge is 2.44. The fourth-order valence-corrected chi connectivity index (χ4v) is 3.50. The quantitative estimate of drug-likeness (QED) is 0.867. The minimum atomic E-state index is -0.410. The van der Waals surface area contributed by atoms with Crippen LogP contribution in [0, 0.1) is 29.1 Å². The lowest BCUT2D eigenvalue weighted by molar-refractivity contribution is 0.167. The van der Waals surface area contributed by atoms with Gasteiger partial charge in [0.05, 0.1) is 6.07 Å². The predicted octanol–water partition coefficient (Wildman–Crippen LogP) is 4.45. The molecule has 0 bridgehead atoms. The molecule has 19 heavy (non-hydrogen) atoms. The van der Waals surface area contributed by atoms with E-state index >= 15 is 0 Å². The van der Waals surface area contributed by atoms with Gasteiger partial charge in [0.15, 0.2) is 0 Å². The summed E-state index contributed by atoms with van der Waals surface area (Å²) < 4.78 is 0. The molecule has 2 nitrogen and oxygen atoms in total. The zero-order valence-corrected chi connectivity index (χ0v) is 12.2. The standard InChI is InChI=1S/C17H24N2/c1-13(2)16-10-9-14(3)11-17(16,12-18)19-15-7-5-4-6-8-15/h4-8,13-14,16,19H,9-11H2,1-3H3. The molecule has 2 heteroatoms. The van der Waals surface area contributed by atoms with Gasteiger partial charge >= 0.3 is 0 Å². The van der Waals surface area contributed by atoms with Crippen molar-refractivity contribution in [1.29, 1.82) is 5.26 Å². The fraction of sp³-hybridized carbons (Fsp3) is 0.588. The summed E-state index contributed by atoms with van der Waals surface area (Å²) in [5, 5.41) is 13.4. The summed E-state index contributed by atoms with van der Waals surface area (Å²) in [7, 11) is 0. The van der Waals surface area contributed by atoms with Crippen LogP contribution >= 0.6 is 0 Å². The second-order valence-corrected chi connectivity index (χ2v) is 6.31. The Bertz CT molecular complexity index is 446. The van der Waals surface area contributed by atoms with Gasteiger partial charge in [0, 0.05) is 5.69 Å². The maximum Gasteiger partial charge on any atom is 0.128 e. The van der Waals surface area contributed by atoms with Crippen molar-refractivity contribution in [3.05, 3.63) is 30.3 Å². The SMILES string of the molecule is CC1CCC(C(C)C)C(C#N)(Nc2ccccc2)C1. The van der Waals surface area contributed by atoms with Crippen LogP contribution in [0.4, 0.5) is 5.69 Å². The van der Waals surface area contributed by atoms with Crippen molar-refractivity contribution in [2.24, 2.45) is 17.8 Å². The number of benzene rings is 1. The minimum Gasteiger partial charge on any atom is -0.367 e. The molecule has 1 fully saturated rings. The van der Waals surface area contributed by atoms with E-state index in [1.54, 1.807) is 0 Å². The average Bonchev–Trinajstić information content (AvgIpc) is 2.39. The Morgan fingerprint density at radius 2 is 1.95 bits per heavy atom. The van der Waals surface area contributed by atoms with E-state index in [2.05, 4.69) is 44.3 Å². The molecular formula is C17H24N2. The highest BCUT2D eigenvalue weighted by molar-refractivity contribution is 5.48. The van der Waals surface area contributed by atoms with E-state index in [1.807, 2.05) is 18.2 Å². The number of anilines is 1. The maximum absolute atomic E-state index is 9.83. The van der Waals surface area contributed by atoms with E-state index in [0.717, 1.165) is 18.5 Å². The molecular weight excluding hydrogens is 232 g/mol. The van der Waals surface area contributed by atoms with E-state index in [4.69, 9.17) is 0 Å². The van der Waals surface area contributed by atoms with Gasteiger partial charge in [-0.3, -0.25) is 0 Å². The normalized spacial score (nSPS) is 30.9. The second-order valence-electron chi connectivity index (χ2n) is 6.31. The maximum atomic E-state index is 9.83. The third-order valence-corrected chi connectivity index (χ3v) is 4.42. The van der Waals surface area contributed by atoms with Crippen LogP contribution in [0.15, 0.2) is 30.3 Å². The summed E-state index contributed by atoms with van der Waals surface area (Å²) in [6, 6.07) is 12.8. The van der Waals surface area contributed by atoms with E-state index in [9.17, 15) is 5.26 Å². The molecule has 0 radical (unpaired) electrons. The number of nitrogens with zero attached hydrogens (tertiary/aromatic N) is 1. The average molecular weight is 256 g/mol. The first-order valence-electron chi connectivity index (χ1n) is 7.32. The zero-order valence-electron chi connectivity index (χ0n) is 12.2. The Labute approximate surface area is 116 Å². The molecule has 1 aromatic carbocycles. The number of hydrogen-bond acceptors (Lipinski definition) is 2. The van der Waals surface area contributed by atoms with Crippen molar-refractivity contribution in [2.45, 2.75) is 45.6 Å². The molecule has 1 saturated carbocycles. The van der Waals surface area contributed by atoms with Gasteiger partial charge in [-0.05, 0) is 42.7 Å². The summed E-state index contributed by atoms with van der Waals surface area (Å²) in [4.78, 5) is 0. The van der Waals surface area contributed by atoms with Gasteiger partial charge in [-0.2, -0.15) is 5.26 Å². The van der Waals surface area contributed by atoms with Crippen LogP contribution in [0.25, 0.3) is 0 Å². The molecule has 1 aromatic rings. The van der Waals surface area contributed by atoms with Crippen molar-refractivity contribution in [3.63, 3.8) is 0 Å². The predicted molar refractivity (Wildman–Crippen MR) is 79.8 cm³/mol. The molecule has 0 saturated heterocycles. The van der Waals surface area contributed by atoms with Crippen molar-refractivity contribution in [3.8, 4) is 6.07 Å². The van der Waals surface area contributed by atoms with Crippen LogP contribution in [-0.4, -0.2) is 5.54 Å². The van der Waals surface area contributed by atoms with Crippen LogP contribution in [0.5, 0.6) is 0 Å². The van der Waals surface area contributed by atoms with E-state index < -0.39 is 5.54 Å². The fourth-order valence-electron chi connectivity index (χ4n) is 3.50. The Hall–Kier alpha value is -1.49. The molecule has 0 spiro atoms. The molecule has 1 N–H and O–H groups in total. The second kappa shape index (κ2) is 5.65. The molecule has 3 atom stereocenters. The molecule has 1 aliphatic carbocycles. The van der Waals surface area contributed by atoms with Gasteiger partial charge in [0.1, 0.15) is 5.54 Å². The molecule has 0 aliphatic heterocycles. The number of nitrogens with one attached hydrogen (secondary N) is 1. The highest BCUT2D eigenvalue weighted by Crippen LogP contribution is 2.42. The Morgan fingerprint density at radius 3 is 2.53 bits per heavy atom. The lowest BCUT2D eigenvalue weighted by Crippen LogP contribution is -2.50. The molecule has 2 rings (SSSR count). The van der Waals surface area contributed by atoms with Gasteiger partial charge in [-0.25, -0.2) is 0 Å². The number of para-hydroxylation sites is 1. The van der Waals surface area contributed by atoms with Crippen LogP contribution in [0.1, 0.15) is 40.0 Å².